The second-order valence-electron chi connectivity index (χ2n) is 5.16. The lowest BCUT2D eigenvalue weighted by atomic mass is 9.94. The highest BCUT2D eigenvalue weighted by molar-refractivity contribution is 9.10. The van der Waals surface area contributed by atoms with Gasteiger partial charge in [0.1, 0.15) is 0 Å². The molecule has 0 aromatic heterocycles. The minimum Gasteiger partial charge on any atom is -0.478 e. The molecule has 5 N–H and O–H groups in total. The van der Waals surface area contributed by atoms with Crippen LogP contribution in [0, 0.1) is 0 Å². The van der Waals surface area contributed by atoms with E-state index in [1.54, 1.807) is 0 Å². The molecular weight excluding hydrogens is 386 g/mol. The Kier molecular flexibility index (Phi) is 10.8. The van der Waals surface area contributed by atoms with Crippen LogP contribution in [-0.2, 0) is 16.0 Å². The summed E-state index contributed by atoms with van der Waals surface area (Å²) in [6.07, 6.45) is 2.20. The van der Waals surface area contributed by atoms with Gasteiger partial charge in [0.15, 0.2) is 0 Å². The highest BCUT2D eigenvalue weighted by Crippen LogP contribution is 2.21. The molecule has 1 unspecified atom stereocenters. The zero-order chi connectivity index (χ0) is 17.9. The average molecular weight is 408 g/mol. The van der Waals surface area contributed by atoms with Crippen LogP contribution in [-0.4, -0.2) is 22.2 Å². The van der Waals surface area contributed by atoms with Crippen LogP contribution in [0.4, 0.5) is 0 Å². The summed E-state index contributed by atoms with van der Waals surface area (Å²) in [5.41, 5.74) is 2.79. The van der Waals surface area contributed by atoms with E-state index in [4.69, 9.17) is 10.2 Å². The van der Waals surface area contributed by atoms with Gasteiger partial charge in [-0.05, 0) is 35.6 Å². The minimum absolute atomic E-state index is 0. The van der Waals surface area contributed by atoms with E-state index in [9.17, 15) is 9.59 Å². The van der Waals surface area contributed by atoms with Crippen molar-refractivity contribution in [2.75, 3.05) is 0 Å². The molecule has 0 radical (unpaired) electrons. The van der Waals surface area contributed by atoms with E-state index in [0.717, 1.165) is 10.9 Å². The predicted molar refractivity (Wildman–Crippen MR) is 102 cm³/mol. The van der Waals surface area contributed by atoms with Gasteiger partial charge >= 0.3 is 11.9 Å². The third-order valence-electron chi connectivity index (χ3n) is 3.17. The number of benzene rings is 2. The van der Waals surface area contributed by atoms with Crippen molar-refractivity contribution in [3.63, 3.8) is 0 Å². The van der Waals surface area contributed by atoms with Crippen molar-refractivity contribution < 1.29 is 19.8 Å². The highest BCUT2D eigenvalue weighted by atomic mass is 79.9. The highest BCUT2D eigenvalue weighted by Gasteiger charge is 2.05. The van der Waals surface area contributed by atoms with Crippen molar-refractivity contribution in [1.29, 1.82) is 0 Å². The fourth-order valence-corrected chi connectivity index (χ4v) is 2.51. The van der Waals surface area contributed by atoms with Gasteiger partial charge in [0.2, 0.25) is 0 Å². The quantitative estimate of drug-likeness (QED) is 0.623. The van der Waals surface area contributed by atoms with Gasteiger partial charge in [-0.3, -0.25) is 0 Å². The van der Waals surface area contributed by atoms with Crippen LogP contribution in [0.1, 0.15) is 24.0 Å². The molecule has 0 fully saturated rings. The number of hydrogen-bond acceptors (Lipinski definition) is 3. The summed E-state index contributed by atoms with van der Waals surface area (Å²) >= 11 is 3.51. The summed E-state index contributed by atoms with van der Waals surface area (Å²) in [6.45, 7) is 2.27. The Morgan fingerprint density at radius 3 is 2.04 bits per heavy atom. The Morgan fingerprint density at radius 2 is 1.56 bits per heavy atom. The normalized spacial score (nSPS) is 11.0. The number of carboxylic acids is 2. The van der Waals surface area contributed by atoms with Crippen molar-refractivity contribution in [3.8, 4) is 0 Å². The van der Waals surface area contributed by atoms with Crippen LogP contribution >= 0.6 is 15.9 Å². The molecule has 6 heteroatoms. The maximum atomic E-state index is 9.55. The molecule has 0 spiro atoms. The SMILES string of the molecule is CC(Cc1cccc(Br)c1)c1ccccc1.N.O=C(O)C=CC(=O)O. The standard InChI is InChI=1S/C15H15Br.C4H4O4.H3N/c1-12(14-7-3-2-4-8-14)10-13-6-5-9-15(16)11-13;5-3(6)1-2-4(7)8;/h2-9,11-12H,10H2,1H3;1-2H,(H,5,6)(H,7,8);1H3. The molecule has 0 bridgehead atoms. The van der Waals surface area contributed by atoms with E-state index < -0.39 is 11.9 Å². The van der Waals surface area contributed by atoms with Crippen LogP contribution in [0.2, 0.25) is 0 Å². The van der Waals surface area contributed by atoms with Crippen LogP contribution < -0.4 is 6.15 Å². The molecule has 0 heterocycles. The summed E-state index contributed by atoms with van der Waals surface area (Å²) in [5.74, 6) is -1.95. The van der Waals surface area contributed by atoms with Crippen LogP contribution in [0.25, 0.3) is 0 Å². The Bertz CT molecular complexity index is 686. The zero-order valence-electron chi connectivity index (χ0n) is 13.9. The van der Waals surface area contributed by atoms with Crippen molar-refractivity contribution in [2.45, 2.75) is 19.3 Å². The Balaban J connectivity index is 0.000000552. The maximum absolute atomic E-state index is 9.55. The van der Waals surface area contributed by atoms with E-state index in [0.29, 0.717) is 18.1 Å². The summed E-state index contributed by atoms with van der Waals surface area (Å²) in [7, 11) is 0. The minimum atomic E-state index is -1.26. The van der Waals surface area contributed by atoms with Crippen molar-refractivity contribution in [2.24, 2.45) is 0 Å². The lowest BCUT2D eigenvalue weighted by molar-refractivity contribution is -0.134. The van der Waals surface area contributed by atoms with Gasteiger partial charge in [-0.1, -0.05) is 65.3 Å². The van der Waals surface area contributed by atoms with E-state index in [2.05, 4.69) is 77.5 Å². The average Bonchev–Trinajstić information content (AvgIpc) is 2.54. The zero-order valence-corrected chi connectivity index (χ0v) is 15.5. The van der Waals surface area contributed by atoms with Gasteiger partial charge in [0.25, 0.3) is 0 Å². The van der Waals surface area contributed by atoms with E-state index in [1.807, 2.05) is 0 Å². The molecule has 0 amide bonds. The molecule has 0 saturated carbocycles. The van der Waals surface area contributed by atoms with Crippen molar-refractivity contribution >= 4 is 27.9 Å². The number of carboxylic acid groups (broad SMARTS) is 2. The number of rotatable bonds is 5. The van der Waals surface area contributed by atoms with Gasteiger partial charge in [0.05, 0.1) is 0 Å². The van der Waals surface area contributed by atoms with Crippen molar-refractivity contribution in [1.82, 2.24) is 6.15 Å². The molecule has 25 heavy (non-hydrogen) atoms. The van der Waals surface area contributed by atoms with Crippen LogP contribution in [0.3, 0.4) is 0 Å². The second-order valence-corrected chi connectivity index (χ2v) is 6.07. The number of aliphatic carboxylic acids is 2. The molecule has 0 aliphatic heterocycles. The number of carbonyl (C=O) groups is 2. The first-order valence-corrected chi connectivity index (χ1v) is 8.11. The second kappa shape index (κ2) is 12.0. The fourth-order valence-electron chi connectivity index (χ4n) is 2.06. The topological polar surface area (TPSA) is 110 Å². The molecular formula is C19H22BrNO4. The van der Waals surface area contributed by atoms with Gasteiger partial charge in [-0.2, -0.15) is 0 Å². The first-order valence-electron chi connectivity index (χ1n) is 7.32. The first kappa shape index (κ1) is 22.6. The molecule has 2 rings (SSSR count). The monoisotopic (exact) mass is 407 g/mol. The lowest BCUT2D eigenvalue weighted by Crippen LogP contribution is -1.97. The van der Waals surface area contributed by atoms with Gasteiger partial charge in [0, 0.05) is 16.6 Å². The molecule has 1 atom stereocenters. The Morgan fingerprint density at radius 1 is 1.00 bits per heavy atom. The summed E-state index contributed by atoms with van der Waals surface area (Å²) in [6, 6.07) is 19.2. The molecule has 2 aromatic rings. The van der Waals surface area contributed by atoms with Crippen LogP contribution in [0.5, 0.6) is 0 Å². The molecule has 0 saturated heterocycles. The van der Waals surface area contributed by atoms with Gasteiger partial charge < -0.3 is 16.4 Å². The predicted octanol–water partition coefficient (Wildman–Crippen LogP) is 4.67. The Hall–Kier alpha value is -2.44. The third-order valence-corrected chi connectivity index (χ3v) is 3.66. The summed E-state index contributed by atoms with van der Waals surface area (Å²) in [5, 5.41) is 15.6. The fraction of sp³-hybridized carbons (Fsp3) is 0.158. The van der Waals surface area contributed by atoms with E-state index in [1.165, 1.54) is 11.1 Å². The third kappa shape index (κ3) is 10.1. The summed E-state index contributed by atoms with van der Waals surface area (Å²) < 4.78 is 1.16. The van der Waals surface area contributed by atoms with Crippen molar-refractivity contribution in [3.05, 3.63) is 82.3 Å². The number of halogens is 1. The van der Waals surface area contributed by atoms with E-state index >= 15 is 0 Å². The van der Waals surface area contributed by atoms with Gasteiger partial charge in [-0.15, -0.1) is 0 Å². The largest absolute Gasteiger partial charge is 0.478 e. The van der Waals surface area contributed by atoms with E-state index in [-0.39, 0.29) is 6.15 Å². The smallest absolute Gasteiger partial charge is 0.328 e. The molecule has 5 nitrogen and oxygen atoms in total. The lowest BCUT2D eigenvalue weighted by Gasteiger charge is -2.11. The molecule has 134 valence electrons. The molecule has 0 aliphatic rings. The number of hydrogen-bond donors (Lipinski definition) is 3. The summed E-state index contributed by atoms with van der Waals surface area (Å²) in [4.78, 5) is 19.1. The van der Waals surface area contributed by atoms with Crippen LogP contribution in [0.15, 0.2) is 71.2 Å². The maximum Gasteiger partial charge on any atom is 0.328 e. The Labute approximate surface area is 155 Å². The first-order chi connectivity index (χ1) is 11.4. The molecule has 2 aromatic carbocycles. The molecule has 0 aliphatic carbocycles. The van der Waals surface area contributed by atoms with Gasteiger partial charge in [-0.25, -0.2) is 9.59 Å².